The number of carbonyl (C=O) groups is 2. The molecular formula is C19H23F2NO3. The van der Waals surface area contributed by atoms with Gasteiger partial charge in [-0.15, -0.1) is 13.2 Å². The highest BCUT2D eigenvalue weighted by Crippen LogP contribution is 2.22. The number of ether oxygens (including phenoxy) is 1. The second kappa shape index (κ2) is 9.71. The zero-order chi connectivity index (χ0) is 18.9. The molecule has 1 amide bonds. The number of hydrogen-bond donors (Lipinski definition) is 1. The Kier molecular flexibility index (Phi) is 7.98. The fourth-order valence-corrected chi connectivity index (χ4v) is 2.10. The third kappa shape index (κ3) is 6.49. The number of carbonyl (C=O) groups excluding carboxylic acids is 2. The van der Waals surface area contributed by atoms with E-state index in [9.17, 15) is 18.4 Å². The molecule has 0 bridgehead atoms. The van der Waals surface area contributed by atoms with Crippen molar-refractivity contribution in [3.05, 3.63) is 61.2 Å². The predicted octanol–water partition coefficient (Wildman–Crippen LogP) is 3.81. The molecule has 0 aliphatic heterocycles. The minimum Gasteiger partial charge on any atom is -0.463 e. The molecule has 0 aromatic heterocycles. The van der Waals surface area contributed by atoms with Gasteiger partial charge in [0.15, 0.2) is 0 Å². The Balaban J connectivity index is 2.84. The number of hydrogen-bond acceptors (Lipinski definition) is 3. The maximum atomic E-state index is 13.7. The Hall–Kier alpha value is -2.50. The Morgan fingerprint density at radius 3 is 2.44 bits per heavy atom. The molecule has 0 saturated heterocycles. The Morgan fingerprint density at radius 1 is 1.24 bits per heavy atom. The van der Waals surface area contributed by atoms with Gasteiger partial charge < -0.3 is 10.1 Å². The smallest absolute Gasteiger partial charge is 0.327 e. The number of amides is 1. The van der Waals surface area contributed by atoms with E-state index in [1.807, 2.05) is 0 Å². The summed E-state index contributed by atoms with van der Waals surface area (Å²) in [6, 6.07) is 7.63. The van der Waals surface area contributed by atoms with Gasteiger partial charge in [-0.2, -0.15) is 8.78 Å². The summed E-state index contributed by atoms with van der Waals surface area (Å²) >= 11 is 0. The lowest BCUT2D eigenvalue weighted by Crippen LogP contribution is -2.43. The molecule has 2 atom stereocenters. The van der Waals surface area contributed by atoms with E-state index in [1.54, 1.807) is 43.3 Å². The summed E-state index contributed by atoms with van der Waals surface area (Å²) in [5.74, 6) is -5.88. The van der Waals surface area contributed by atoms with E-state index in [-0.39, 0.29) is 6.61 Å². The Labute approximate surface area is 146 Å². The first-order valence-corrected chi connectivity index (χ1v) is 7.94. The third-order valence-corrected chi connectivity index (χ3v) is 3.56. The Morgan fingerprint density at radius 2 is 1.88 bits per heavy atom. The van der Waals surface area contributed by atoms with Gasteiger partial charge in [0.25, 0.3) is 5.91 Å². The van der Waals surface area contributed by atoms with Crippen molar-refractivity contribution in [2.75, 3.05) is 6.61 Å². The van der Waals surface area contributed by atoms with Gasteiger partial charge in [0.1, 0.15) is 6.61 Å². The highest BCUT2D eigenvalue weighted by molar-refractivity contribution is 5.84. The highest BCUT2D eigenvalue weighted by Gasteiger charge is 2.38. The van der Waals surface area contributed by atoms with E-state index in [4.69, 9.17) is 4.74 Å². The number of rotatable bonds is 10. The quantitative estimate of drug-likeness (QED) is 0.515. The van der Waals surface area contributed by atoms with Crippen LogP contribution >= 0.6 is 0 Å². The fraction of sp³-hybridized carbons (Fsp3) is 0.368. The molecule has 1 rings (SSSR count). The summed E-state index contributed by atoms with van der Waals surface area (Å²) < 4.78 is 32.6. The molecule has 4 nitrogen and oxygen atoms in total. The number of alkyl halides is 2. The topological polar surface area (TPSA) is 55.4 Å². The second-order valence-electron chi connectivity index (χ2n) is 5.69. The van der Waals surface area contributed by atoms with Crippen LogP contribution < -0.4 is 5.32 Å². The van der Waals surface area contributed by atoms with Crippen molar-refractivity contribution in [3.8, 4) is 0 Å². The van der Waals surface area contributed by atoms with Crippen molar-refractivity contribution in [3.63, 3.8) is 0 Å². The predicted molar refractivity (Wildman–Crippen MR) is 92.0 cm³/mol. The van der Waals surface area contributed by atoms with E-state index in [0.29, 0.717) is 12.0 Å². The molecule has 0 unspecified atom stereocenters. The van der Waals surface area contributed by atoms with Crippen LogP contribution in [-0.2, 0) is 14.3 Å². The molecule has 1 aromatic rings. The van der Waals surface area contributed by atoms with Crippen LogP contribution in [0.2, 0.25) is 0 Å². The van der Waals surface area contributed by atoms with Crippen LogP contribution in [-0.4, -0.2) is 24.4 Å². The molecule has 1 aromatic carbocycles. The van der Waals surface area contributed by atoms with Crippen molar-refractivity contribution in [2.45, 2.75) is 31.7 Å². The van der Waals surface area contributed by atoms with Crippen molar-refractivity contribution < 1.29 is 23.1 Å². The first-order chi connectivity index (χ1) is 11.8. The lowest BCUT2D eigenvalue weighted by Gasteiger charge is -2.23. The summed E-state index contributed by atoms with van der Waals surface area (Å²) in [6.45, 7) is 8.22. The van der Waals surface area contributed by atoms with Gasteiger partial charge >= 0.3 is 11.9 Å². The first-order valence-electron chi connectivity index (χ1n) is 7.94. The molecule has 6 heteroatoms. The first kappa shape index (κ1) is 20.5. The van der Waals surface area contributed by atoms with Crippen LogP contribution in [0, 0.1) is 5.92 Å². The third-order valence-electron chi connectivity index (χ3n) is 3.56. The number of halogens is 2. The van der Waals surface area contributed by atoms with E-state index in [2.05, 4.69) is 18.5 Å². The van der Waals surface area contributed by atoms with Crippen molar-refractivity contribution in [2.24, 2.45) is 5.92 Å². The normalized spacial score (nSPS) is 13.4. The molecule has 0 heterocycles. The Bertz CT molecular complexity index is 602. The maximum Gasteiger partial charge on any atom is 0.327 e. The minimum absolute atomic E-state index is 0.236. The summed E-state index contributed by atoms with van der Waals surface area (Å²) in [7, 11) is 0. The summed E-state index contributed by atoms with van der Waals surface area (Å²) in [5, 5.41) is 2.25. The largest absolute Gasteiger partial charge is 0.463 e. The zero-order valence-corrected chi connectivity index (χ0v) is 14.2. The van der Waals surface area contributed by atoms with Crippen molar-refractivity contribution >= 4 is 11.9 Å². The van der Waals surface area contributed by atoms with Gasteiger partial charge in [-0.3, -0.25) is 9.59 Å². The molecule has 25 heavy (non-hydrogen) atoms. The molecule has 1 N–H and O–H groups in total. The summed E-state index contributed by atoms with van der Waals surface area (Å²) in [4.78, 5) is 23.8. The van der Waals surface area contributed by atoms with Crippen LogP contribution in [0.25, 0.3) is 0 Å². The van der Waals surface area contributed by atoms with E-state index < -0.39 is 36.2 Å². The van der Waals surface area contributed by atoms with Gasteiger partial charge in [-0.1, -0.05) is 49.4 Å². The van der Waals surface area contributed by atoms with Gasteiger partial charge in [0.2, 0.25) is 0 Å². The fourth-order valence-electron chi connectivity index (χ4n) is 2.10. The molecule has 136 valence electrons. The molecule has 0 aliphatic rings. The highest BCUT2D eigenvalue weighted by atomic mass is 19.3. The van der Waals surface area contributed by atoms with Crippen LogP contribution in [0.15, 0.2) is 55.6 Å². The van der Waals surface area contributed by atoms with Crippen LogP contribution in [0.4, 0.5) is 8.78 Å². The van der Waals surface area contributed by atoms with Crippen molar-refractivity contribution in [1.82, 2.24) is 5.32 Å². The van der Waals surface area contributed by atoms with Gasteiger partial charge in [0, 0.05) is 6.42 Å². The molecular weight excluding hydrogens is 328 g/mol. The molecule has 0 spiro atoms. The number of benzene rings is 1. The number of allylic oxidation sites excluding steroid dienone is 2. The molecule has 0 saturated carbocycles. The summed E-state index contributed by atoms with van der Waals surface area (Å²) in [6.07, 6.45) is 2.25. The van der Waals surface area contributed by atoms with E-state index in [0.717, 1.165) is 6.08 Å². The molecule has 0 radical (unpaired) electrons. The van der Waals surface area contributed by atoms with Gasteiger partial charge in [-0.05, 0) is 12.0 Å². The van der Waals surface area contributed by atoms with Crippen LogP contribution in [0.5, 0.6) is 0 Å². The average molecular weight is 351 g/mol. The van der Waals surface area contributed by atoms with E-state index in [1.165, 1.54) is 0 Å². The standard InChI is InChI=1S/C19H23F2NO3/c1-4-9-14(3)17(23)25-13-16(15-10-7-6-8-11-15)22-18(24)19(20,21)12-5-2/h4-8,10-11,14,16H,1-2,9,12-13H2,3H3,(H,22,24)/t14-,16+/m1/s1. The van der Waals surface area contributed by atoms with Crippen LogP contribution in [0.3, 0.4) is 0 Å². The number of nitrogens with one attached hydrogen (secondary N) is 1. The number of esters is 1. The van der Waals surface area contributed by atoms with E-state index >= 15 is 0 Å². The lowest BCUT2D eigenvalue weighted by molar-refractivity contribution is -0.152. The molecule has 0 aliphatic carbocycles. The minimum atomic E-state index is -3.57. The maximum absolute atomic E-state index is 13.7. The molecule has 0 fully saturated rings. The van der Waals surface area contributed by atoms with Gasteiger partial charge in [-0.25, -0.2) is 0 Å². The monoisotopic (exact) mass is 351 g/mol. The SMILES string of the molecule is C=CC[C@@H](C)C(=O)OC[C@H](NC(=O)C(F)(F)CC=C)c1ccccc1. The van der Waals surface area contributed by atoms with Crippen molar-refractivity contribution in [1.29, 1.82) is 0 Å². The zero-order valence-electron chi connectivity index (χ0n) is 14.2. The lowest BCUT2D eigenvalue weighted by atomic mass is 10.1. The second-order valence-corrected chi connectivity index (χ2v) is 5.69. The van der Waals surface area contributed by atoms with Gasteiger partial charge in [0.05, 0.1) is 12.0 Å². The summed E-state index contributed by atoms with van der Waals surface area (Å²) in [5.41, 5.74) is 0.564. The average Bonchev–Trinajstić information content (AvgIpc) is 2.58. The van der Waals surface area contributed by atoms with Crippen LogP contribution in [0.1, 0.15) is 31.4 Å².